The van der Waals surface area contributed by atoms with E-state index in [1.165, 1.54) is 0 Å². The Labute approximate surface area is 155 Å². The second-order valence-corrected chi connectivity index (χ2v) is 6.72. The van der Waals surface area contributed by atoms with Crippen LogP contribution in [-0.4, -0.2) is 45.7 Å². The zero-order chi connectivity index (χ0) is 18.8. The van der Waals surface area contributed by atoms with E-state index in [1.54, 1.807) is 14.2 Å². The van der Waals surface area contributed by atoms with Gasteiger partial charge in [0.15, 0.2) is 0 Å². The van der Waals surface area contributed by atoms with E-state index in [1.807, 2.05) is 24.3 Å². The fraction of sp³-hybridized carbons (Fsp3) is 0.600. The van der Waals surface area contributed by atoms with Gasteiger partial charge in [-0.2, -0.15) is 0 Å². The third kappa shape index (κ3) is 6.33. The maximum atomic E-state index is 12.3. The Morgan fingerprint density at radius 3 is 2.19 bits per heavy atom. The van der Waals surface area contributed by atoms with Crippen molar-refractivity contribution in [1.82, 2.24) is 10.6 Å². The molecule has 0 spiro atoms. The van der Waals surface area contributed by atoms with Crippen molar-refractivity contribution in [2.45, 2.75) is 32.1 Å². The number of rotatable bonds is 9. The van der Waals surface area contributed by atoms with Gasteiger partial charge >= 0.3 is 0 Å². The van der Waals surface area contributed by atoms with Crippen molar-refractivity contribution in [3.8, 4) is 5.75 Å². The van der Waals surface area contributed by atoms with E-state index < -0.39 is 0 Å². The van der Waals surface area contributed by atoms with E-state index in [2.05, 4.69) is 10.6 Å². The van der Waals surface area contributed by atoms with Crippen molar-refractivity contribution in [2.24, 2.45) is 11.8 Å². The summed E-state index contributed by atoms with van der Waals surface area (Å²) in [5, 5.41) is 5.91. The smallest absolute Gasteiger partial charge is 0.223 e. The quantitative estimate of drug-likeness (QED) is 0.658. The standard InChI is InChI=1S/C20H30N2O4/c1-25-13-12-22-20(24)17-8-6-16(7-9-17)19(23)21-11-10-15-4-3-5-18(14-15)26-2/h3-5,14,16-17H,6-13H2,1-2H3,(H,21,23)(H,22,24). The second kappa shape index (κ2) is 10.8. The van der Waals surface area contributed by atoms with Crippen LogP contribution in [0.25, 0.3) is 0 Å². The maximum absolute atomic E-state index is 12.3. The zero-order valence-corrected chi connectivity index (χ0v) is 15.8. The topological polar surface area (TPSA) is 76.7 Å². The van der Waals surface area contributed by atoms with E-state index in [-0.39, 0.29) is 23.7 Å². The Morgan fingerprint density at radius 1 is 1.00 bits per heavy atom. The number of carbonyl (C=O) groups is 2. The molecule has 0 bridgehead atoms. The summed E-state index contributed by atoms with van der Waals surface area (Å²) in [5.41, 5.74) is 1.14. The first-order valence-electron chi connectivity index (χ1n) is 9.31. The minimum absolute atomic E-state index is 0.0170. The summed E-state index contributed by atoms with van der Waals surface area (Å²) in [6, 6.07) is 7.88. The molecule has 0 aliphatic heterocycles. The van der Waals surface area contributed by atoms with Gasteiger partial charge in [-0.25, -0.2) is 0 Å². The monoisotopic (exact) mass is 362 g/mol. The third-order valence-electron chi connectivity index (χ3n) is 4.92. The number of hydrogen-bond acceptors (Lipinski definition) is 4. The fourth-order valence-corrected chi connectivity index (χ4v) is 3.34. The molecule has 1 aliphatic carbocycles. The molecule has 0 radical (unpaired) electrons. The van der Waals surface area contributed by atoms with Crippen molar-refractivity contribution in [3.63, 3.8) is 0 Å². The van der Waals surface area contributed by atoms with E-state index in [0.717, 1.165) is 43.4 Å². The molecule has 1 aromatic carbocycles. The summed E-state index contributed by atoms with van der Waals surface area (Å²) in [7, 11) is 3.26. The van der Waals surface area contributed by atoms with Crippen molar-refractivity contribution >= 4 is 11.8 Å². The number of hydrogen-bond donors (Lipinski definition) is 2. The molecule has 26 heavy (non-hydrogen) atoms. The molecule has 2 amide bonds. The lowest BCUT2D eigenvalue weighted by molar-refractivity contribution is -0.130. The van der Waals surface area contributed by atoms with E-state index in [9.17, 15) is 9.59 Å². The number of benzene rings is 1. The van der Waals surface area contributed by atoms with Crippen LogP contribution in [0.4, 0.5) is 0 Å². The van der Waals surface area contributed by atoms with Crippen LogP contribution >= 0.6 is 0 Å². The molecule has 0 aromatic heterocycles. The van der Waals surface area contributed by atoms with Crippen molar-refractivity contribution < 1.29 is 19.1 Å². The summed E-state index contributed by atoms with van der Waals surface area (Å²) in [6.45, 7) is 1.68. The van der Waals surface area contributed by atoms with Crippen molar-refractivity contribution in [1.29, 1.82) is 0 Å². The van der Waals surface area contributed by atoms with Crippen LogP contribution in [0.5, 0.6) is 5.75 Å². The molecule has 1 aliphatic rings. The van der Waals surface area contributed by atoms with Crippen LogP contribution in [0.1, 0.15) is 31.2 Å². The van der Waals surface area contributed by atoms with Gasteiger partial charge in [-0.1, -0.05) is 12.1 Å². The van der Waals surface area contributed by atoms with Gasteiger partial charge in [-0.15, -0.1) is 0 Å². The first-order chi connectivity index (χ1) is 12.6. The highest BCUT2D eigenvalue weighted by Gasteiger charge is 2.29. The Morgan fingerprint density at radius 2 is 1.62 bits per heavy atom. The van der Waals surface area contributed by atoms with Crippen LogP contribution in [0.2, 0.25) is 0 Å². The lowest BCUT2D eigenvalue weighted by atomic mass is 9.81. The zero-order valence-electron chi connectivity index (χ0n) is 15.8. The second-order valence-electron chi connectivity index (χ2n) is 6.72. The van der Waals surface area contributed by atoms with Gasteiger partial charge in [0.05, 0.1) is 13.7 Å². The van der Waals surface area contributed by atoms with E-state index in [4.69, 9.17) is 9.47 Å². The number of carbonyl (C=O) groups excluding carboxylic acids is 2. The summed E-state index contributed by atoms with van der Waals surface area (Å²) in [4.78, 5) is 24.4. The van der Waals surface area contributed by atoms with Gasteiger partial charge in [0.1, 0.15) is 5.75 Å². The van der Waals surface area contributed by atoms with Gasteiger partial charge in [0, 0.05) is 32.0 Å². The fourth-order valence-electron chi connectivity index (χ4n) is 3.34. The highest BCUT2D eigenvalue weighted by molar-refractivity contribution is 5.81. The van der Waals surface area contributed by atoms with Crippen molar-refractivity contribution in [2.75, 3.05) is 33.9 Å². The number of methoxy groups -OCH3 is 2. The van der Waals surface area contributed by atoms with Crippen LogP contribution in [0.15, 0.2) is 24.3 Å². The van der Waals surface area contributed by atoms with Crippen LogP contribution in [0, 0.1) is 11.8 Å². The van der Waals surface area contributed by atoms with Gasteiger partial charge in [0.25, 0.3) is 0 Å². The van der Waals surface area contributed by atoms with E-state index in [0.29, 0.717) is 19.7 Å². The van der Waals surface area contributed by atoms with Crippen molar-refractivity contribution in [3.05, 3.63) is 29.8 Å². The average molecular weight is 362 g/mol. The van der Waals surface area contributed by atoms with Gasteiger partial charge < -0.3 is 20.1 Å². The molecule has 1 aromatic rings. The average Bonchev–Trinajstić information content (AvgIpc) is 2.68. The summed E-state index contributed by atoms with van der Waals surface area (Å²) < 4.78 is 10.1. The van der Waals surface area contributed by atoms with Gasteiger partial charge in [-0.05, 0) is 49.8 Å². The molecule has 0 heterocycles. The Bertz CT molecular complexity index is 583. The summed E-state index contributed by atoms with van der Waals surface area (Å²) >= 11 is 0. The highest BCUT2D eigenvalue weighted by Crippen LogP contribution is 2.29. The molecule has 1 fully saturated rings. The Kier molecular flexibility index (Phi) is 8.41. The van der Waals surface area contributed by atoms with Gasteiger partial charge in [0.2, 0.25) is 11.8 Å². The minimum Gasteiger partial charge on any atom is -0.497 e. The molecule has 6 heteroatoms. The molecule has 6 nitrogen and oxygen atoms in total. The lowest BCUT2D eigenvalue weighted by Crippen LogP contribution is -2.38. The molecular formula is C20H30N2O4. The summed E-state index contributed by atoms with van der Waals surface area (Å²) in [5.74, 6) is 1.05. The molecule has 2 rings (SSSR count). The normalized spacial score (nSPS) is 19.6. The number of ether oxygens (including phenoxy) is 2. The molecule has 0 saturated heterocycles. The van der Waals surface area contributed by atoms with E-state index >= 15 is 0 Å². The SMILES string of the molecule is COCCNC(=O)C1CCC(C(=O)NCCc2cccc(OC)c2)CC1. The molecule has 1 saturated carbocycles. The minimum atomic E-state index is 0.0170. The molecular weight excluding hydrogens is 332 g/mol. The third-order valence-corrected chi connectivity index (χ3v) is 4.92. The lowest BCUT2D eigenvalue weighted by Gasteiger charge is -2.27. The first kappa shape index (κ1) is 20.2. The highest BCUT2D eigenvalue weighted by atomic mass is 16.5. The molecule has 144 valence electrons. The number of amides is 2. The van der Waals surface area contributed by atoms with Gasteiger partial charge in [-0.3, -0.25) is 9.59 Å². The van der Waals surface area contributed by atoms with Crippen LogP contribution in [0.3, 0.4) is 0 Å². The predicted octanol–water partition coefficient (Wildman–Crippen LogP) is 1.92. The Hall–Kier alpha value is -2.08. The summed E-state index contributed by atoms with van der Waals surface area (Å²) in [6.07, 6.45) is 3.86. The molecule has 2 N–H and O–H groups in total. The Balaban J connectivity index is 1.67. The number of nitrogens with one attached hydrogen (secondary N) is 2. The predicted molar refractivity (Wildman–Crippen MR) is 100 cm³/mol. The van der Waals surface area contributed by atoms with Crippen LogP contribution < -0.4 is 15.4 Å². The maximum Gasteiger partial charge on any atom is 0.223 e. The molecule has 0 unspecified atom stereocenters. The largest absolute Gasteiger partial charge is 0.497 e. The van der Waals surface area contributed by atoms with Crippen LogP contribution in [-0.2, 0) is 20.7 Å². The first-order valence-corrected chi connectivity index (χ1v) is 9.31. The molecule has 0 atom stereocenters.